The van der Waals surface area contributed by atoms with Gasteiger partial charge in [0.15, 0.2) is 0 Å². The van der Waals surface area contributed by atoms with Crippen LogP contribution in [-0.2, 0) is 4.74 Å². The molecule has 1 fully saturated rings. The van der Waals surface area contributed by atoms with E-state index in [0.29, 0.717) is 5.92 Å². The summed E-state index contributed by atoms with van der Waals surface area (Å²) in [4.78, 5) is 13.4. The number of hydrogen-bond acceptors (Lipinski definition) is 4. The van der Waals surface area contributed by atoms with Crippen molar-refractivity contribution < 1.29 is 4.74 Å². The van der Waals surface area contributed by atoms with E-state index in [0.717, 1.165) is 61.4 Å². The molecule has 0 saturated carbocycles. The molecule has 30 heavy (non-hydrogen) atoms. The zero-order valence-corrected chi connectivity index (χ0v) is 17.8. The van der Waals surface area contributed by atoms with Gasteiger partial charge in [0.25, 0.3) is 0 Å². The second-order valence-corrected chi connectivity index (χ2v) is 7.96. The Labute approximate surface area is 179 Å². The number of aliphatic imine (C=N–C) groups is 2. The highest BCUT2D eigenvalue weighted by Crippen LogP contribution is 2.27. The monoisotopic (exact) mass is 399 g/mol. The van der Waals surface area contributed by atoms with Gasteiger partial charge in [-0.15, -0.1) is 0 Å². The SMILES string of the molecule is CN=C/C(=C\CC1CCOCC1)c1cnc(-c2cccc(C3=CCN=C3)c2)cc1C. The van der Waals surface area contributed by atoms with Crippen LogP contribution in [0.5, 0.6) is 0 Å². The Bertz CT molecular complexity index is 1010. The maximum Gasteiger partial charge on any atom is 0.0705 e. The molecule has 3 heterocycles. The lowest BCUT2D eigenvalue weighted by molar-refractivity contribution is 0.0673. The van der Waals surface area contributed by atoms with Crippen LogP contribution in [0.3, 0.4) is 0 Å². The molecule has 1 aromatic carbocycles. The largest absolute Gasteiger partial charge is 0.381 e. The predicted octanol–water partition coefficient (Wildman–Crippen LogP) is 5.43. The molecule has 2 aliphatic heterocycles. The summed E-state index contributed by atoms with van der Waals surface area (Å²) in [5, 5.41) is 0. The zero-order chi connectivity index (χ0) is 20.8. The molecule has 2 aromatic rings. The van der Waals surface area contributed by atoms with Gasteiger partial charge < -0.3 is 4.74 Å². The Morgan fingerprint density at radius 3 is 2.77 bits per heavy atom. The van der Waals surface area contributed by atoms with Crippen molar-refractivity contribution >= 4 is 23.6 Å². The fourth-order valence-electron chi connectivity index (χ4n) is 4.07. The molecular weight excluding hydrogens is 370 g/mol. The lowest BCUT2D eigenvalue weighted by Crippen LogP contribution is -2.15. The van der Waals surface area contributed by atoms with Gasteiger partial charge in [0.2, 0.25) is 0 Å². The van der Waals surface area contributed by atoms with Crippen LogP contribution in [0.15, 0.2) is 58.7 Å². The van der Waals surface area contributed by atoms with Crippen molar-refractivity contribution in [2.24, 2.45) is 15.9 Å². The Balaban J connectivity index is 1.58. The topological polar surface area (TPSA) is 46.8 Å². The molecule has 4 heteroatoms. The molecule has 0 unspecified atom stereocenters. The van der Waals surface area contributed by atoms with E-state index in [2.05, 4.69) is 59.4 Å². The fourth-order valence-corrected chi connectivity index (χ4v) is 4.07. The van der Waals surface area contributed by atoms with Gasteiger partial charge in [-0.05, 0) is 66.5 Å². The van der Waals surface area contributed by atoms with Gasteiger partial charge in [-0.2, -0.15) is 0 Å². The lowest BCUT2D eigenvalue weighted by atomic mass is 9.93. The molecule has 2 aliphatic rings. The third-order valence-electron chi connectivity index (χ3n) is 5.84. The summed E-state index contributed by atoms with van der Waals surface area (Å²) in [7, 11) is 1.83. The highest BCUT2D eigenvalue weighted by molar-refractivity contribution is 6.12. The smallest absolute Gasteiger partial charge is 0.0705 e. The van der Waals surface area contributed by atoms with Crippen molar-refractivity contribution in [3.63, 3.8) is 0 Å². The van der Waals surface area contributed by atoms with E-state index in [-0.39, 0.29) is 0 Å². The number of allylic oxidation sites excluding steroid dienone is 3. The fraction of sp³-hybridized carbons (Fsp3) is 0.346. The summed E-state index contributed by atoms with van der Waals surface area (Å²) >= 11 is 0. The van der Waals surface area contributed by atoms with Gasteiger partial charge in [0, 0.05) is 50.0 Å². The van der Waals surface area contributed by atoms with E-state index in [9.17, 15) is 0 Å². The number of nitrogens with zero attached hydrogens (tertiary/aromatic N) is 3. The predicted molar refractivity (Wildman–Crippen MR) is 126 cm³/mol. The number of pyridine rings is 1. The molecule has 0 radical (unpaired) electrons. The van der Waals surface area contributed by atoms with Crippen molar-refractivity contribution in [2.75, 3.05) is 26.8 Å². The normalized spacial score (nSPS) is 17.7. The minimum atomic E-state index is 0.697. The molecule has 154 valence electrons. The summed E-state index contributed by atoms with van der Waals surface area (Å²) in [6.07, 6.45) is 13.7. The van der Waals surface area contributed by atoms with Crippen LogP contribution in [0, 0.1) is 12.8 Å². The van der Waals surface area contributed by atoms with Crippen LogP contribution in [0.25, 0.3) is 22.4 Å². The van der Waals surface area contributed by atoms with E-state index in [1.807, 2.05) is 25.7 Å². The molecule has 0 atom stereocenters. The van der Waals surface area contributed by atoms with Crippen molar-refractivity contribution in [3.8, 4) is 11.3 Å². The number of hydrogen-bond donors (Lipinski definition) is 0. The molecule has 0 spiro atoms. The number of ether oxygens (including phenoxy) is 1. The molecule has 0 bridgehead atoms. The van der Waals surface area contributed by atoms with E-state index in [1.54, 1.807) is 0 Å². The van der Waals surface area contributed by atoms with Crippen LogP contribution in [0.1, 0.15) is 36.0 Å². The van der Waals surface area contributed by atoms with Crippen molar-refractivity contribution in [1.82, 2.24) is 4.98 Å². The second kappa shape index (κ2) is 9.77. The van der Waals surface area contributed by atoms with Gasteiger partial charge in [0.05, 0.1) is 12.2 Å². The minimum absolute atomic E-state index is 0.697. The third-order valence-corrected chi connectivity index (χ3v) is 5.84. The highest BCUT2D eigenvalue weighted by atomic mass is 16.5. The second-order valence-electron chi connectivity index (χ2n) is 7.96. The van der Waals surface area contributed by atoms with Crippen LogP contribution < -0.4 is 0 Å². The number of aryl methyl sites for hydroxylation is 1. The molecule has 1 saturated heterocycles. The summed E-state index contributed by atoms with van der Waals surface area (Å²) in [5.41, 5.74) is 8.01. The van der Waals surface area contributed by atoms with Gasteiger partial charge >= 0.3 is 0 Å². The minimum Gasteiger partial charge on any atom is -0.381 e. The van der Waals surface area contributed by atoms with Crippen LogP contribution in [-0.4, -0.2) is 44.2 Å². The summed E-state index contributed by atoms with van der Waals surface area (Å²) in [6, 6.07) is 10.7. The van der Waals surface area contributed by atoms with Crippen molar-refractivity contribution in [1.29, 1.82) is 0 Å². The number of rotatable bonds is 6. The Kier molecular flexibility index (Phi) is 6.65. The molecule has 0 aliphatic carbocycles. The molecule has 1 aromatic heterocycles. The molecule has 4 rings (SSSR count). The standard InChI is InChI=1S/C26H29N3O/c1-19-14-26(22-5-3-4-21(15-22)23-8-11-28-17-23)29-18-25(19)24(16-27-2)7-6-20-9-12-30-13-10-20/h3-5,7-8,14-18,20H,6,9-13H2,1-2H3/b24-7+,27-16?. The maximum atomic E-state index is 5.49. The molecular formula is C26H29N3O. The van der Waals surface area contributed by atoms with Crippen LogP contribution >= 0.6 is 0 Å². The molecule has 0 N–H and O–H groups in total. The van der Waals surface area contributed by atoms with Gasteiger partial charge in [0.1, 0.15) is 0 Å². The van der Waals surface area contributed by atoms with Gasteiger partial charge in [-0.3, -0.25) is 15.0 Å². The Hall–Kier alpha value is -2.85. The van der Waals surface area contributed by atoms with Crippen molar-refractivity contribution in [3.05, 3.63) is 65.4 Å². The van der Waals surface area contributed by atoms with E-state index >= 15 is 0 Å². The summed E-state index contributed by atoms with van der Waals surface area (Å²) in [5.74, 6) is 0.697. The zero-order valence-electron chi connectivity index (χ0n) is 17.8. The highest BCUT2D eigenvalue weighted by Gasteiger charge is 2.14. The third kappa shape index (κ3) is 4.82. The first kappa shape index (κ1) is 20.4. The van der Waals surface area contributed by atoms with E-state index < -0.39 is 0 Å². The average Bonchev–Trinajstić information content (AvgIpc) is 3.33. The molecule has 0 amide bonds. The first-order valence-electron chi connectivity index (χ1n) is 10.7. The van der Waals surface area contributed by atoms with Gasteiger partial charge in [-0.1, -0.05) is 30.4 Å². The summed E-state index contributed by atoms with van der Waals surface area (Å²) < 4.78 is 5.49. The molecule has 4 nitrogen and oxygen atoms in total. The van der Waals surface area contributed by atoms with Gasteiger partial charge in [-0.25, -0.2) is 0 Å². The summed E-state index contributed by atoms with van der Waals surface area (Å²) in [6.45, 7) is 4.69. The van der Waals surface area contributed by atoms with Crippen LogP contribution in [0.2, 0.25) is 0 Å². The van der Waals surface area contributed by atoms with Crippen LogP contribution in [0.4, 0.5) is 0 Å². The number of benzene rings is 1. The first-order valence-corrected chi connectivity index (χ1v) is 10.7. The van der Waals surface area contributed by atoms with E-state index in [4.69, 9.17) is 9.72 Å². The Morgan fingerprint density at radius 1 is 1.20 bits per heavy atom. The maximum absolute atomic E-state index is 5.49. The first-order chi connectivity index (χ1) is 14.7. The quantitative estimate of drug-likeness (QED) is 0.609. The van der Waals surface area contributed by atoms with E-state index in [1.165, 1.54) is 16.7 Å². The average molecular weight is 400 g/mol. The lowest BCUT2D eigenvalue weighted by Gasteiger charge is -2.20. The number of aromatic nitrogens is 1. The Morgan fingerprint density at radius 2 is 2.03 bits per heavy atom. The van der Waals surface area contributed by atoms with Crippen molar-refractivity contribution in [2.45, 2.75) is 26.2 Å².